The summed E-state index contributed by atoms with van der Waals surface area (Å²) in [7, 11) is 0. The topological polar surface area (TPSA) is 28.2 Å². The van der Waals surface area contributed by atoms with E-state index in [4.69, 9.17) is 0 Å². The molecule has 0 spiro atoms. The van der Waals surface area contributed by atoms with Crippen LogP contribution in [0.15, 0.2) is 18.2 Å². The molecule has 0 aliphatic carbocycles. The number of fused-ring (bicyclic) bond motifs is 1. The molecule has 0 bridgehead atoms. The van der Waals surface area contributed by atoms with Crippen molar-refractivity contribution in [3.05, 3.63) is 29.6 Å². The van der Waals surface area contributed by atoms with E-state index in [2.05, 4.69) is 40.3 Å². The molecule has 1 aromatic heterocycles. The number of nitrogens with zero attached hydrogens (tertiary/aromatic N) is 2. The second-order valence-electron chi connectivity index (χ2n) is 5.43. The van der Waals surface area contributed by atoms with E-state index in [1.807, 2.05) is 0 Å². The number of hydrogen-bond donors (Lipinski definition) is 1. The number of nitrogens with one attached hydrogen (secondary N) is 1. The maximum Gasteiger partial charge on any atom is 0.0547 e. The number of piperidine rings is 1. The molecule has 2 atom stereocenters. The standard InChI is InChI=1S/C14H21N3/c1-11-4-2-6-13(16-11)9-17-8-12-5-3-7-15-14(12)10-17/h2,4,6,12,14-15H,3,5,7-10H2,1H3. The third-order valence-electron chi connectivity index (χ3n) is 4.01. The van der Waals surface area contributed by atoms with Gasteiger partial charge in [-0.25, -0.2) is 0 Å². The van der Waals surface area contributed by atoms with Gasteiger partial charge < -0.3 is 5.32 Å². The summed E-state index contributed by atoms with van der Waals surface area (Å²) >= 11 is 0. The van der Waals surface area contributed by atoms with Crippen LogP contribution < -0.4 is 5.32 Å². The molecule has 2 fully saturated rings. The van der Waals surface area contributed by atoms with Crippen LogP contribution in [0.1, 0.15) is 24.2 Å². The highest BCUT2D eigenvalue weighted by molar-refractivity contribution is 5.10. The van der Waals surface area contributed by atoms with E-state index in [1.165, 1.54) is 38.2 Å². The van der Waals surface area contributed by atoms with Crippen molar-refractivity contribution in [1.29, 1.82) is 0 Å². The Morgan fingerprint density at radius 2 is 2.35 bits per heavy atom. The molecule has 2 aliphatic rings. The number of likely N-dealkylation sites (tertiary alicyclic amines) is 1. The average Bonchev–Trinajstić information content (AvgIpc) is 2.71. The molecule has 17 heavy (non-hydrogen) atoms. The molecule has 2 unspecified atom stereocenters. The Balaban J connectivity index is 1.63. The van der Waals surface area contributed by atoms with Crippen LogP contribution in [0, 0.1) is 12.8 Å². The molecule has 3 rings (SSSR count). The number of hydrogen-bond acceptors (Lipinski definition) is 3. The number of aryl methyl sites for hydroxylation is 1. The second-order valence-corrected chi connectivity index (χ2v) is 5.43. The first-order valence-corrected chi connectivity index (χ1v) is 6.69. The summed E-state index contributed by atoms with van der Waals surface area (Å²) in [4.78, 5) is 7.14. The number of pyridine rings is 1. The zero-order chi connectivity index (χ0) is 11.7. The van der Waals surface area contributed by atoms with E-state index in [-0.39, 0.29) is 0 Å². The first-order valence-electron chi connectivity index (χ1n) is 6.69. The van der Waals surface area contributed by atoms with Gasteiger partial charge in [0.15, 0.2) is 0 Å². The van der Waals surface area contributed by atoms with E-state index in [0.29, 0.717) is 0 Å². The van der Waals surface area contributed by atoms with E-state index in [1.54, 1.807) is 0 Å². The van der Waals surface area contributed by atoms with E-state index in [0.717, 1.165) is 24.2 Å². The molecule has 1 aromatic rings. The molecular formula is C14H21N3. The van der Waals surface area contributed by atoms with Crippen molar-refractivity contribution in [3.63, 3.8) is 0 Å². The lowest BCUT2D eigenvalue weighted by atomic mass is 9.94. The molecule has 0 amide bonds. The van der Waals surface area contributed by atoms with Gasteiger partial charge in [0.2, 0.25) is 0 Å². The van der Waals surface area contributed by atoms with Crippen molar-refractivity contribution in [2.75, 3.05) is 19.6 Å². The minimum atomic E-state index is 0.730. The van der Waals surface area contributed by atoms with Crippen LogP contribution >= 0.6 is 0 Å². The van der Waals surface area contributed by atoms with Gasteiger partial charge in [0.25, 0.3) is 0 Å². The van der Waals surface area contributed by atoms with Crippen LogP contribution in [0.4, 0.5) is 0 Å². The predicted molar refractivity (Wildman–Crippen MR) is 68.8 cm³/mol. The summed E-state index contributed by atoms with van der Waals surface area (Å²) in [6.45, 7) is 6.72. The molecule has 0 radical (unpaired) electrons. The van der Waals surface area contributed by atoms with Gasteiger partial charge in [-0.15, -0.1) is 0 Å². The molecule has 2 aliphatic heterocycles. The first-order chi connectivity index (χ1) is 8.31. The first kappa shape index (κ1) is 11.2. The second kappa shape index (κ2) is 4.75. The van der Waals surface area contributed by atoms with E-state index < -0.39 is 0 Å². The summed E-state index contributed by atoms with van der Waals surface area (Å²) in [5.74, 6) is 0.869. The summed E-state index contributed by atoms with van der Waals surface area (Å²) in [5, 5.41) is 3.65. The summed E-state index contributed by atoms with van der Waals surface area (Å²) in [5.41, 5.74) is 2.33. The molecule has 3 heteroatoms. The van der Waals surface area contributed by atoms with Gasteiger partial charge in [0, 0.05) is 31.4 Å². The molecule has 0 aromatic carbocycles. The lowest BCUT2D eigenvalue weighted by Crippen LogP contribution is -2.40. The largest absolute Gasteiger partial charge is 0.312 e. The lowest BCUT2D eigenvalue weighted by molar-refractivity contribution is 0.309. The number of rotatable bonds is 2. The minimum Gasteiger partial charge on any atom is -0.312 e. The molecule has 2 saturated heterocycles. The Hall–Kier alpha value is -0.930. The van der Waals surface area contributed by atoms with Crippen LogP contribution in [0.25, 0.3) is 0 Å². The Kier molecular flexibility index (Phi) is 3.12. The van der Waals surface area contributed by atoms with Gasteiger partial charge in [-0.1, -0.05) is 6.07 Å². The van der Waals surface area contributed by atoms with Crippen molar-refractivity contribution in [2.24, 2.45) is 5.92 Å². The van der Waals surface area contributed by atoms with Crippen LogP contribution in [0.3, 0.4) is 0 Å². The van der Waals surface area contributed by atoms with Crippen LogP contribution in [-0.2, 0) is 6.54 Å². The maximum absolute atomic E-state index is 4.59. The van der Waals surface area contributed by atoms with Crippen LogP contribution in [0.5, 0.6) is 0 Å². The maximum atomic E-state index is 4.59. The zero-order valence-electron chi connectivity index (χ0n) is 10.5. The highest BCUT2D eigenvalue weighted by Crippen LogP contribution is 2.25. The van der Waals surface area contributed by atoms with E-state index in [9.17, 15) is 0 Å². The highest BCUT2D eigenvalue weighted by atomic mass is 15.2. The quantitative estimate of drug-likeness (QED) is 0.837. The van der Waals surface area contributed by atoms with Gasteiger partial charge in [0.05, 0.1) is 5.69 Å². The normalized spacial score (nSPS) is 29.2. The Morgan fingerprint density at radius 1 is 1.41 bits per heavy atom. The smallest absolute Gasteiger partial charge is 0.0547 e. The third-order valence-corrected chi connectivity index (χ3v) is 4.01. The summed E-state index contributed by atoms with van der Waals surface area (Å²) < 4.78 is 0. The fourth-order valence-electron chi connectivity index (χ4n) is 3.18. The SMILES string of the molecule is Cc1cccc(CN2CC3CCCNC3C2)n1. The third kappa shape index (κ3) is 2.50. The van der Waals surface area contributed by atoms with Crippen molar-refractivity contribution in [3.8, 4) is 0 Å². The fourth-order valence-corrected chi connectivity index (χ4v) is 3.18. The van der Waals surface area contributed by atoms with Crippen LogP contribution in [0.2, 0.25) is 0 Å². The van der Waals surface area contributed by atoms with Gasteiger partial charge in [0.1, 0.15) is 0 Å². The number of aromatic nitrogens is 1. The Bertz CT molecular complexity index is 377. The lowest BCUT2D eigenvalue weighted by Gasteiger charge is -2.24. The van der Waals surface area contributed by atoms with Gasteiger partial charge in [-0.05, 0) is 44.4 Å². The molecule has 0 saturated carbocycles. The Labute approximate surface area is 103 Å². The summed E-state index contributed by atoms with van der Waals surface area (Å²) in [6, 6.07) is 7.05. The molecule has 3 heterocycles. The molecule has 92 valence electrons. The monoisotopic (exact) mass is 231 g/mol. The van der Waals surface area contributed by atoms with Gasteiger partial charge in [-0.2, -0.15) is 0 Å². The van der Waals surface area contributed by atoms with E-state index >= 15 is 0 Å². The van der Waals surface area contributed by atoms with Gasteiger partial charge >= 0.3 is 0 Å². The Morgan fingerprint density at radius 3 is 3.18 bits per heavy atom. The zero-order valence-corrected chi connectivity index (χ0v) is 10.5. The van der Waals surface area contributed by atoms with Crippen molar-refractivity contribution in [1.82, 2.24) is 15.2 Å². The predicted octanol–water partition coefficient (Wildman–Crippen LogP) is 1.57. The average molecular weight is 231 g/mol. The van der Waals surface area contributed by atoms with Crippen molar-refractivity contribution >= 4 is 0 Å². The van der Waals surface area contributed by atoms with Gasteiger partial charge in [-0.3, -0.25) is 9.88 Å². The molecular weight excluding hydrogens is 210 g/mol. The molecule has 1 N–H and O–H groups in total. The molecule has 3 nitrogen and oxygen atoms in total. The van der Waals surface area contributed by atoms with Crippen molar-refractivity contribution < 1.29 is 0 Å². The van der Waals surface area contributed by atoms with Crippen molar-refractivity contribution in [2.45, 2.75) is 32.4 Å². The summed E-state index contributed by atoms with van der Waals surface area (Å²) in [6.07, 6.45) is 2.74. The van der Waals surface area contributed by atoms with Crippen LogP contribution in [-0.4, -0.2) is 35.6 Å². The minimum absolute atomic E-state index is 0.730. The fraction of sp³-hybridized carbons (Fsp3) is 0.643. The highest BCUT2D eigenvalue weighted by Gasteiger charge is 2.33.